The van der Waals surface area contributed by atoms with E-state index in [1.807, 2.05) is 19.1 Å². The van der Waals surface area contributed by atoms with Crippen molar-refractivity contribution >= 4 is 37.5 Å². The van der Waals surface area contributed by atoms with Gasteiger partial charge in [-0.15, -0.1) is 0 Å². The highest BCUT2D eigenvalue weighted by Gasteiger charge is 2.18. The molecule has 0 fully saturated rings. The first-order valence-electron chi connectivity index (χ1n) is 8.46. The second kappa shape index (κ2) is 8.30. The predicted octanol–water partition coefficient (Wildman–Crippen LogP) is 4.39. The molecule has 0 saturated carbocycles. The Morgan fingerprint density at radius 2 is 1.86 bits per heavy atom. The Balaban J connectivity index is 1.81. The zero-order valence-corrected chi connectivity index (χ0v) is 17.7. The van der Waals surface area contributed by atoms with E-state index in [-0.39, 0.29) is 17.3 Å². The molecule has 0 aliphatic heterocycles. The summed E-state index contributed by atoms with van der Waals surface area (Å²) in [6, 6.07) is 13.3. The van der Waals surface area contributed by atoms with Crippen LogP contribution in [0.2, 0.25) is 0 Å². The molecule has 3 aromatic rings. The summed E-state index contributed by atoms with van der Waals surface area (Å²) in [6.07, 6.45) is 1.47. The number of furan rings is 1. The van der Waals surface area contributed by atoms with Gasteiger partial charge in [-0.3, -0.25) is 4.79 Å². The highest BCUT2D eigenvalue weighted by Crippen LogP contribution is 2.22. The van der Waals surface area contributed by atoms with Crippen molar-refractivity contribution in [2.45, 2.75) is 25.3 Å². The Morgan fingerprint density at radius 3 is 2.54 bits per heavy atom. The van der Waals surface area contributed by atoms with Crippen molar-refractivity contribution in [1.29, 1.82) is 0 Å². The predicted molar refractivity (Wildman–Crippen MR) is 111 cm³/mol. The first-order valence-corrected chi connectivity index (χ1v) is 10.7. The van der Waals surface area contributed by atoms with Crippen LogP contribution in [0.15, 0.2) is 68.6 Å². The van der Waals surface area contributed by atoms with E-state index in [2.05, 4.69) is 26.0 Å². The van der Waals surface area contributed by atoms with E-state index in [4.69, 9.17) is 4.42 Å². The Kier molecular flexibility index (Phi) is 6.02. The Hall–Kier alpha value is -2.42. The molecule has 6 nitrogen and oxygen atoms in total. The van der Waals surface area contributed by atoms with Crippen LogP contribution < -0.4 is 10.0 Å². The molecule has 3 rings (SSSR count). The number of nitrogens with one attached hydrogen (secondary N) is 2. The van der Waals surface area contributed by atoms with Crippen molar-refractivity contribution in [3.05, 3.63) is 81.7 Å². The SMILES string of the molecule is Cc1cc(NC(=O)c2cc(S(=O)(=O)NCc3ccco3)ccc2C)ccc1Br. The van der Waals surface area contributed by atoms with Crippen LogP contribution in [0.25, 0.3) is 0 Å². The van der Waals surface area contributed by atoms with Gasteiger partial charge in [-0.2, -0.15) is 0 Å². The number of sulfonamides is 1. The highest BCUT2D eigenvalue weighted by atomic mass is 79.9. The summed E-state index contributed by atoms with van der Waals surface area (Å²) in [4.78, 5) is 12.7. The number of carbonyl (C=O) groups is 1. The van der Waals surface area contributed by atoms with Crippen molar-refractivity contribution in [3.63, 3.8) is 0 Å². The second-order valence-corrected chi connectivity index (χ2v) is 8.92. The van der Waals surface area contributed by atoms with Crippen molar-refractivity contribution in [2.24, 2.45) is 0 Å². The molecule has 0 atom stereocenters. The molecular formula is C20H19BrN2O4S. The van der Waals surface area contributed by atoms with E-state index in [0.29, 0.717) is 22.6 Å². The zero-order chi connectivity index (χ0) is 20.3. The van der Waals surface area contributed by atoms with Crippen molar-refractivity contribution < 1.29 is 17.6 Å². The van der Waals surface area contributed by atoms with Gasteiger partial charge in [0, 0.05) is 15.7 Å². The van der Waals surface area contributed by atoms with Crippen LogP contribution in [-0.4, -0.2) is 14.3 Å². The number of benzene rings is 2. The van der Waals surface area contributed by atoms with Crippen LogP contribution in [0, 0.1) is 13.8 Å². The number of hydrogen-bond acceptors (Lipinski definition) is 4. The fraction of sp³-hybridized carbons (Fsp3) is 0.150. The van der Waals surface area contributed by atoms with Crippen molar-refractivity contribution in [2.75, 3.05) is 5.32 Å². The number of hydrogen-bond donors (Lipinski definition) is 2. The largest absolute Gasteiger partial charge is 0.468 e. The fourth-order valence-corrected chi connectivity index (χ4v) is 3.86. The quantitative estimate of drug-likeness (QED) is 0.568. The van der Waals surface area contributed by atoms with Gasteiger partial charge >= 0.3 is 0 Å². The maximum atomic E-state index is 12.7. The summed E-state index contributed by atoms with van der Waals surface area (Å²) in [5, 5.41) is 2.81. The number of aryl methyl sites for hydroxylation is 2. The Morgan fingerprint density at radius 1 is 1.07 bits per heavy atom. The molecule has 1 heterocycles. The molecule has 2 aromatic carbocycles. The summed E-state index contributed by atoms with van der Waals surface area (Å²) in [6.45, 7) is 3.71. The van der Waals surface area contributed by atoms with Crippen LogP contribution in [0.3, 0.4) is 0 Å². The van der Waals surface area contributed by atoms with Gasteiger partial charge in [0.05, 0.1) is 17.7 Å². The number of amides is 1. The minimum atomic E-state index is -3.79. The van der Waals surface area contributed by atoms with Crippen LogP contribution >= 0.6 is 15.9 Å². The third-order valence-electron chi connectivity index (χ3n) is 4.20. The van der Waals surface area contributed by atoms with E-state index in [1.54, 1.807) is 31.2 Å². The van der Waals surface area contributed by atoms with E-state index in [1.165, 1.54) is 18.4 Å². The van der Waals surface area contributed by atoms with E-state index in [0.717, 1.165) is 10.0 Å². The number of rotatable bonds is 6. The van der Waals surface area contributed by atoms with E-state index >= 15 is 0 Å². The molecule has 1 amide bonds. The van der Waals surface area contributed by atoms with Crippen molar-refractivity contribution in [3.8, 4) is 0 Å². The van der Waals surface area contributed by atoms with Gasteiger partial charge in [-0.05, 0) is 67.4 Å². The summed E-state index contributed by atoms with van der Waals surface area (Å²) in [5.74, 6) is 0.126. The fourth-order valence-electron chi connectivity index (χ4n) is 2.60. The van der Waals surface area contributed by atoms with E-state index in [9.17, 15) is 13.2 Å². The lowest BCUT2D eigenvalue weighted by atomic mass is 10.1. The second-order valence-electron chi connectivity index (χ2n) is 6.30. The van der Waals surface area contributed by atoms with Gasteiger partial charge in [0.2, 0.25) is 10.0 Å². The number of anilines is 1. The third kappa shape index (κ3) is 4.70. The summed E-state index contributed by atoms with van der Waals surface area (Å²) in [7, 11) is -3.79. The summed E-state index contributed by atoms with van der Waals surface area (Å²) < 4.78 is 33.7. The molecule has 0 aliphatic carbocycles. The normalized spacial score (nSPS) is 11.4. The molecule has 0 spiro atoms. The lowest BCUT2D eigenvalue weighted by Gasteiger charge is -2.11. The lowest BCUT2D eigenvalue weighted by Crippen LogP contribution is -2.24. The van der Waals surface area contributed by atoms with Crippen molar-refractivity contribution in [1.82, 2.24) is 4.72 Å². The maximum absolute atomic E-state index is 12.7. The van der Waals surface area contributed by atoms with Gasteiger partial charge in [-0.1, -0.05) is 22.0 Å². The van der Waals surface area contributed by atoms with Crippen LogP contribution in [0.4, 0.5) is 5.69 Å². The van der Waals surface area contributed by atoms with Gasteiger partial charge in [0.25, 0.3) is 5.91 Å². The molecule has 2 N–H and O–H groups in total. The lowest BCUT2D eigenvalue weighted by molar-refractivity contribution is 0.102. The summed E-state index contributed by atoms with van der Waals surface area (Å²) >= 11 is 3.42. The Bertz CT molecular complexity index is 1110. The maximum Gasteiger partial charge on any atom is 0.255 e. The van der Waals surface area contributed by atoms with Gasteiger partial charge in [-0.25, -0.2) is 13.1 Å². The molecule has 8 heteroatoms. The van der Waals surface area contributed by atoms with Gasteiger partial charge in [0.15, 0.2) is 0 Å². The number of halogens is 1. The Labute approximate surface area is 172 Å². The van der Waals surface area contributed by atoms with Crippen LogP contribution in [0.5, 0.6) is 0 Å². The molecule has 1 aromatic heterocycles. The van der Waals surface area contributed by atoms with Crippen LogP contribution in [0.1, 0.15) is 27.2 Å². The first kappa shape index (κ1) is 20.3. The van der Waals surface area contributed by atoms with Crippen LogP contribution in [-0.2, 0) is 16.6 Å². The topological polar surface area (TPSA) is 88.4 Å². The monoisotopic (exact) mass is 462 g/mol. The minimum Gasteiger partial charge on any atom is -0.468 e. The molecular weight excluding hydrogens is 444 g/mol. The molecule has 0 bridgehead atoms. The molecule has 0 unspecified atom stereocenters. The van der Waals surface area contributed by atoms with Gasteiger partial charge < -0.3 is 9.73 Å². The minimum absolute atomic E-state index is 0.0155. The van der Waals surface area contributed by atoms with E-state index < -0.39 is 10.0 Å². The highest BCUT2D eigenvalue weighted by molar-refractivity contribution is 9.10. The standard InChI is InChI=1S/C20H19BrN2O4S/c1-13-5-7-17(28(25,26)22-12-16-4-3-9-27-16)11-18(13)20(24)23-15-6-8-19(21)14(2)10-15/h3-11,22H,12H2,1-2H3,(H,23,24). The molecule has 0 radical (unpaired) electrons. The zero-order valence-electron chi connectivity index (χ0n) is 15.3. The first-order chi connectivity index (χ1) is 13.3. The number of carbonyl (C=O) groups excluding carboxylic acids is 1. The summed E-state index contributed by atoms with van der Waals surface area (Å²) in [5.41, 5.74) is 2.58. The average Bonchev–Trinajstić information content (AvgIpc) is 3.17. The molecule has 0 aliphatic rings. The molecule has 28 heavy (non-hydrogen) atoms. The smallest absolute Gasteiger partial charge is 0.255 e. The molecule has 146 valence electrons. The van der Waals surface area contributed by atoms with Gasteiger partial charge in [0.1, 0.15) is 5.76 Å². The third-order valence-corrected chi connectivity index (χ3v) is 6.48. The average molecular weight is 463 g/mol. The molecule has 0 saturated heterocycles.